The lowest BCUT2D eigenvalue weighted by Crippen LogP contribution is -3.00. The first kappa shape index (κ1) is 42.8. The number of carbonyl (C=O) groups excluding carboxylic acids is 3. The van der Waals surface area contributed by atoms with Gasteiger partial charge in [-0.05, 0) is 19.3 Å². The number of nitrogens with zero attached hydrogens (tertiary/aromatic N) is 1. The number of hydrogen-bond donors (Lipinski definition) is 1. The quantitative estimate of drug-likeness (QED) is 0.0733. The van der Waals surface area contributed by atoms with Gasteiger partial charge in [0.1, 0.15) is 6.04 Å². The molecule has 42 heavy (non-hydrogen) atoms. The van der Waals surface area contributed by atoms with Gasteiger partial charge in [0.2, 0.25) is 0 Å². The number of nitrogens with one attached hydrogen (secondary N) is 1. The summed E-state index contributed by atoms with van der Waals surface area (Å²) >= 11 is 0. The summed E-state index contributed by atoms with van der Waals surface area (Å²) < 4.78 is 11.3. The van der Waals surface area contributed by atoms with Crippen molar-refractivity contribution in [2.24, 2.45) is 0 Å². The molecular weight excluding hydrogens is 552 g/mol. The van der Waals surface area contributed by atoms with Gasteiger partial charge < -0.3 is 31.7 Å². The lowest BCUT2D eigenvalue weighted by molar-refractivity contribution is -0.862. The van der Waals surface area contributed by atoms with Crippen LogP contribution in [0.2, 0.25) is 0 Å². The summed E-state index contributed by atoms with van der Waals surface area (Å²) in [5, 5.41) is 2.79. The van der Waals surface area contributed by atoms with E-state index >= 15 is 0 Å². The first-order chi connectivity index (χ1) is 19.7. The number of ether oxygens (including phenoxy) is 2. The molecule has 0 aromatic heterocycles. The van der Waals surface area contributed by atoms with Crippen LogP contribution in [-0.4, -0.2) is 69.3 Å². The lowest BCUT2D eigenvalue weighted by atomic mass is 10.1. The molecule has 0 bridgehead atoms. The highest BCUT2D eigenvalue weighted by Crippen LogP contribution is 2.12. The lowest BCUT2D eigenvalue weighted by Gasteiger charge is -2.24. The van der Waals surface area contributed by atoms with E-state index in [-0.39, 0.29) is 43.7 Å². The molecule has 0 radical (unpaired) electrons. The molecule has 1 atom stereocenters. The zero-order valence-electron chi connectivity index (χ0n) is 28.1. The van der Waals surface area contributed by atoms with Gasteiger partial charge in [0.25, 0.3) is 5.91 Å². The van der Waals surface area contributed by atoms with Crippen LogP contribution in [0.25, 0.3) is 0 Å². The van der Waals surface area contributed by atoms with E-state index in [9.17, 15) is 14.4 Å². The summed E-state index contributed by atoms with van der Waals surface area (Å²) in [4.78, 5) is 37.6. The van der Waals surface area contributed by atoms with Gasteiger partial charge in [-0.15, -0.1) is 0 Å². The highest BCUT2D eigenvalue weighted by molar-refractivity contribution is 5.85. The normalized spacial score (nSPS) is 11.9. The fourth-order valence-corrected chi connectivity index (χ4v) is 4.89. The molecule has 7 nitrogen and oxygen atoms in total. The zero-order valence-corrected chi connectivity index (χ0v) is 28.9. The average molecular weight is 619 g/mol. The van der Waals surface area contributed by atoms with E-state index in [0.717, 1.165) is 32.1 Å². The van der Waals surface area contributed by atoms with E-state index in [0.29, 0.717) is 17.7 Å². The number of hydrogen-bond acceptors (Lipinski definition) is 5. The summed E-state index contributed by atoms with van der Waals surface area (Å²) in [6.07, 6.45) is 24.7. The molecule has 0 aromatic rings. The minimum atomic E-state index is -0.831. The molecule has 0 rings (SSSR count). The number of amides is 1. The van der Waals surface area contributed by atoms with E-state index in [2.05, 4.69) is 19.2 Å². The van der Waals surface area contributed by atoms with E-state index in [1.807, 2.05) is 21.1 Å². The Balaban J connectivity index is 0. The molecule has 0 fully saturated rings. The molecule has 0 aromatic carbocycles. The Morgan fingerprint density at radius 2 is 0.976 bits per heavy atom. The van der Waals surface area contributed by atoms with Crippen LogP contribution in [0.4, 0.5) is 0 Å². The summed E-state index contributed by atoms with van der Waals surface area (Å²) in [6, 6.07) is -0.831. The maximum Gasteiger partial charge on any atom is 0.328 e. The molecule has 1 unspecified atom stereocenters. The van der Waals surface area contributed by atoms with Crippen LogP contribution in [0.3, 0.4) is 0 Å². The van der Waals surface area contributed by atoms with Gasteiger partial charge in [-0.3, -0.25) is 9.59 Å². The van der Waals surface area contributed by atoms with E-state index in [4.69, 9.17) is 9.47 Å². The fourth-order valence-electron chi connectivity index (χ4n) is 4.89. The SMILES string of the molecule is CCCCCCCCCCCCOC(=O)CCC(NC(=O)C[N+](C)(C)C)C(=O)OCCCCCCCCCCCC.[Cl-]. The van der Waals surface area contributed by atoms with E-state index in [1.54, 1.807) is 0 Å². The van der Waals surface area contributed by atoms with Crippen LogP contribution >= 0.6 is 0 Å². The van der Waals surface area contributed by atoms with Crippen molar-refractivity contribution in [1.82, 2.24) is 5.32 Å². The number of likely N-dealkylation sites (N-methyl/N-ethyl adjacent to an activating group) is 1. The molecule has 0 heterocycles. The van der Waals surface area contributed by atoms with E-state index < -0.39 is 12.0 Å². The van der Waals surface area contributed by atoms with Crippen LogP contribution in [0.1, 0.15) is 155 Å². The molecule has 0 saturated carbocycles. The van der Waals surface area contributed by atoms with Gasteiger partial charge >= 0.3 is 11.9 Å². The molecule has 1 amide bonds. The third kappa shape index (κ3) is 30.1. The second kappa shape index (κ2) is 29.7. The fraction of sp³-hybridized carbons (Fsp3) is 0.912. The van der Waals surface area contributed by atoms with Crippen molar-refractivity contribution in [2.45, 2.75) is 161 Å². The molecule has 8 heteroatoms. The predicted octanol–water partition coefficient (Wildman–Crippen LogP) is 4.89. The third-order valence-electron chi connectivity index (χ3n) is 7.38. The number of esters is 2. The van der Waals surface area contributed by atoms with Crippen molar-refractivity contribution in [1.29, 1.82) is 0 Å². The van der Waals surface area contributed by atoms with Crippen LogP contribution < -0.4 is 17.7 Å². The third-order valence-corrected chi connectivity index (χ3v) is 7.38. The molecule has 0 aliphatic heterocycles. The van der Waals surface area contributed by atoms with Crippen LogP contribution in [0.15, 0.2) is 0 Å². The monoisotopic (exact) mass is 618 g/mol. The second-order valence-corrected chi connectivity index (χ2v) is 12.9. The van der Waals surface area contributed by atoms with Crippen molar-refractivity contribution >= 4 is 17.8 Å². The summed E-state index contributed by atoms with van der Waals surface area (Å²) in [5.41, 5.74) is 0. The Kier molecular flexibility index (Phi) is 30.3. The highest BCUT2D eigenvalue weighted by Gasteiger charge is 2.26. The number of unbranched alkanes of at least 4 members (excludes halogenated alkanes) is 18. The smallest absolute Gasteiger partial charge is 0.328 e. The first-order valence-electron chi connectivity index (χ1n) is 17.1. The van der Waals surface area contributed by atoms with Gasteiger partial charge in [-0.25, -0.2) is 4.79 Å². The topological polar surface area (TPSA) is 81.7 Å². The van der Waals surface area contributed by atoms with Gasteiger partial charge in [-0.1, -0.05) is 129 Å². The van der Waals surface area contributed by atoms with Crippen molar-refractivity contribution in [3.63, 3.8) is 0 Å². The molecular formula is C34H67ClN2O5. The molecule has 0 saturated heterocycles. The standard InChI is InChI=1S/C34H66N2O5.ClH/c1-6-8-10-12-14-16-18-20-22-24-28-40-33(38)27-26-31(35-32(37)30-36(3,4)5)34(39)41-29-25-23-21-19-17-15-13-11-9-7-2;/h31H,6-30H2,1-5H3;1H. The Bertz CT molecular complexity index is 654. The zero-order chi connectivity index (χ0) is 30.6. The number of rotatable bonds is 29. The minimum absolute atomic E-state index is 0. The largest absolute Gasteiger partial charge is 1.00 e. The minimum Gasteiger partial charge on any atom is -1.00 e. The van der Waals surface area contributed by atoms with Gasteiger partial charge in [0, 0.05) is 6.42 Å². The predicted molar refractivity (Wildman–Crippen MR) is 170 cm³/mol. The van der Waals surface area contributed by atoms with Crippen LogP contribution in [-0.2, 0) is 23.9 Å². The molecule has 1 N–H and O–H groups in total. The van der Waals surface area contributed by atoms with Crippen LogP contribution in [0, 0.1) is 0 Å². The number of carbonyl (C=O) groups is 3. The second-order valence-electron chi connectivity index (χ2n) is 12.9. The van der Waals surface area contributed by atoms with Crippen molar-refractivity contribution < 1.29 is 40.7 Å². The Hall–Kier alpha value is -1.34. The van der Waals surface area contributed by atoms with Gasteiger partial charge in [0.05, 0.1) is 34.4 Å². The molecule has 0 aliphatic carbocycles. The Labute approximate surface area is 265 Å². The summed E-state index contributed by atoms with van der Waals surface area (Å²) in [6.45, 7) is 5.48. The molecule has 0 spiro atoms. The first-order valence-corrected chi connectivity index (χ1v) is 17.1. The van der Waals surface area contributed by atoms with Crippen molar-refractivity contribution in [3.05, 3.63) is 0 Å². The molecule has 0 aliphatic rings. The average Bonchev–Trinajstić information content (AvgIpc) is 2.91. The Morgan fingerprint density at radius 1 is 0.595 bits per heavy atom. The van der Waals surface area contributed by atoms with Crippen molar-refractivity contribution in [2.75, 3.05) is 40.9 Å². The highest BCUT2D eigenvalue weighted by atomic mass is 35.5. The Morgan fingerprint density at radius 3 is 1.38 bits per heavy atom. The molecule has 250 valence electrons. The number of quaternary nitrogens is 1. The van der Waals surface area contributed by atoms with Crippen molar-refractivity contribution in [3.8, 4) is 0 Å². The van der Waals surface area contributed by atoms with Crippen LogP contribution in [0.5, 0.6) is 0 Å². The summed E-state index contributed by atoms with van der Waals surface area (Å²) in [5.74, 6) is -1.01. The maximum absolute atomic E-state index is 12.8. The maximum atomic E-state index is 12.8. The summed E-state index contributed by atoms with van der Waals surface area (Å²) in [7, 11) is 5.76. The van der Waals surface area contributed by atoms with E-state index in [1.165, 1.54) is 96.3 Å². The number of halogens is 1. The van der Waals surface area contributed by atoms with Gasteiger partial charge in [-0.2, -0.15) is 0 Å². The van der Waals surface area contributed by atoms with Gasteiger partial charge in [0.15, 0.2) is 6.54 Å².